The van der Waals surface area contributed by atoms with E-state index in [0.29, 0.717) is 33.5 Å². The van der Waals surface area contributed by atoms with E-state index >= 15 is 0 Å². The highest BCUT2D eigenvalue weighted by Gasteiger charge is 2.23. The average Bonchev–Trinajstić information content (AvgIpc) is 2.36. The molecule has 0 spiro atoms. The predicted octanol–water partition coefficient (Wildman–Crippen LogP) is 0.459. The summed E-state index contributed by atoms with van der Waals surface area (Å²) in [5.41, 5.74) is 1.09. The lowest BCUT2D eigenvalue weighted by Crippen LogP contribution is -2.43. The zero-order valence-electron chi connectivity index (χ0n) is 15.4. The summed E-state index contributed by atoms with van der Waals surface area (Å²) in [4.78, 5) is 32.6. The zero-order chi connectivity index (χ0) is 17.6. The first-order valence-corrected chi connectivity index (χ1v) is 7.48. The van der Waals surface area contributed by atoms with Crippen LogP contribution >= 0.6 is 0 Å². The molecule has 0 aromatic rings. The van der Waals surface area contributed by atoms with Crippen molar-refractivity contribution in [1.29, 1.82) is 0 Å². The van der Waals surface area contributed by atoms with Crippen molar-refractivity contribution in [3.8, 4) is 0 Å². The standard InChI is InChI=1S/C16H32N4O2/c1-17-13(11-19(3,4)5)15(21)9-10-16(22)14(18-2)12-20(6,7)8/h9-12H2,1-8H3/q+2. The lowest BCUT2D eigenvalue weighted by molar-refractivity contribution is -0.860. The lowest BCUT2D eigenvalue weighted by Gasteiger charge is -2.24. The van der Waals surface area contributed by atoms with E-state index in [4.69, 9.17) is 0 Å². The molecule has 0 saturated heterocycles. The van der Waals surface area contributed by atoms with Gasteiger partial charge >= 0.3 is 0 Å². The van der Waals surface area contributed by atoms with Gasteiger partial charge in [-0.2, -0.15) is 0 Å². The molecule has 0 aromatic heterocycles. The Bertz CT molecular complexity index is 422. The van der Waals surface area contributed by atoms with Crippen molar-refractivity contribution >= 4 is 23.0 Å². The van der Waals surface area contributed by atoms with Gasteiger partial charge in [0.15, 0.2) is 11.6 Å². The summed E-state index contributed by atoms with van der Waals surface area (Å²) in [7, 11) is 15.3. The van der Waals surface area contributed by atoms with Crippen LogP contribution in [-0.2, 0) is 9.59 Å². The number of aliphatic imine (C=N–C) groups is 2. The third-order valence-electron chi connectivity index (χ3n) is 3.01. The van der Waals surface area contributed by atoms with Crippen LogP contribution in [0.3, 0.4) is 0 Å². The van der Waals surface area contributed by atoms with E-state index in [2.05, 4.69) is 9.98 Å². The molecule has 22 heavy (non-hydrogen) atoms. The Morgan fingerprint density at radius 3 is 1.14 bits per heavy atom. The van der Waals surface area contributed by atoms with Crippen LogP contribution in [0.4, 0.5) is 0 Å². The highest BCUT2D eigenvalue weighted by atomic mass is 16.1. The Balaban J connectivity index is 4.66. The van der Waals surface area contributed by atoms with Gasteiger partial charge in [0.25, 0.3) is 0 Å². The van der Waals surface area contributed by atoms with E-state index < -0.39 is 0 Å². The van der Waals surface area contributed by atoms with Gasteiger partial charge in [0, 0.05) is 26.9 Å². The fourth-order valence-corrected chi connectivity index (χ4v) is 1.98. The Morgan fingerprint density at radius 1 is 0.682 bits per heavy atom. The van der Waals surface area contributed by atoms with Gasteiger partial charge in [0.1, 0.15) is 24.5 Å². The second kappa shape index (κ2) is 8.29. The summed E-state index contributed by atoms with van der Waals surface area (Å²) in [6.45, 7) is 1.13. The minimum Gasteiger partial charge on any atom is -0.326 e. The number of quaternary nitrogens is 2. The highest BCUT2D eigenvalue weighted by Crippen LogP contribution is 2.03. The lowest BCUT2D eigenvalue weighted by atomic mass is 10.0. The van der Waals surface area contributed by atoms with Crippen molar-refractivity contribution in [2.24, 2.45) is 9.98 Å². The summed E-state index contributed by atoms with van der Waals surface area (Å²) in [6.07, 6.45) is 0.392. The third-order valence-corrected chi connectivity index (χ3v) is 3.01. The van der Waals surface area contributed by atoms with Gasteiger partial charge in [-0.3, -0.25) is 19.6 Å². The maximum Gasteiger partial charge on any atom is 0.182 e. The van der Waals surface area contributed by atoms with Crippen molar-refractivity contribution in [1.82, 2.24) is 0 Å². The van der Waals surface area contributed by atoms with Crippen LogP contribution in [0, 0.1) is 0 Å². The first kappa shape index (κ1) is 20.6. The maximum absolute atomic E-state index is 12.2. The Kier molecular flexibility index (Phi) is 7.76. The highest BCUT2D eigenvalue weighted by molar-refractivity contribution is 6.43. The number of carbonyl (C=O) groups excluding carboxylic acids is 2. The molecule has 6 nitrogen and oxygen atoms in total. The summed E-state index contributed by atoms with van der Waals surface area (Å²) >= 11 is 0. The van der Waals surface area contributed by atoms with Crippen LogP contribution < -0.4 is 0 Å². The van der Waals surface area contributed by atoms with E-state index in [1.54, 1.807) is 14.1 Å². The second-order valence-corrected chi connectivity index (χ2v) is 7.58. The normalized spacial score (nSPS) is 14.2. The number of carbonyl (C=O) groups is 2. The monoisotopic (exact) mass is 312 g/mol. The number of rotatable bonds is 9. The Morgan fingerprint density at radius 2 is 0.955 bits per heavy atom. The number of hydrogen-bond donors (Lipinski definition) is 0. The molecule has 0 atom stereocenters. The van der Waals surface area contributed by atoms with Crippen LogP contribution in [0.5, 0.6) is 0 Å². The average molecular weight is 312 g/mol. The van der Waals surface area contributed by atoms with E-state index in [1.807, 2.05) is 42.3 Å². The molecule has 0 heterocycles. The van der Waals surface area contributed by atoms with Gasteiger partial charge in [-0.1, -0.05) is 0 Å². The number of Topliss-reactive ketones (excluding diaryl/α,β-unsaturated/α-hetero) is 2. The molecule has 0 fully saturated rings. The van der Waals surface area contributed by atoms with Gasteiger partial charge in [0.2, 0.25) is 0 Å². The van der Waals surface area contributed by atoms with Crippen molar-refractivity contribution in [2.45, 2.75) is 12.8 Å². The second-order valence-electron chi connectivity index (χ2n) is 7.58. The number of nitrogens with zero attached hydrogens (tertiary/aromatic N) is 4. The first-order valence-electron chi connectivity index (χ1n) is 7.48. The maximum atomic E-state index is 12.2. The van der Waals surface area contributed by atoms with Crippen LogP contribution in [0.2, 0.25) is 0 Å². The molecule has 0 N–H and O–H groups in total. The van der Waals surface area contributed by atoms with Crippen molar-refractivity contribution in [2.75, 3.05) is 69.5 Å². The first-order chi connectivity index (χ1) is 9.89. The molecule has 0 aliphatic rings. The SMILES string of the molecule is CN=C(C[N+](C)(C)C)C(=O)CCC(=O)C(C[N+](C)(C)C)=NC. The molecular formula is C16H32N4O2+2. The smallest absolute Gasteiger partial charge is 0.182 e. The van der Waals surface area contributed by atoms with Crippen LogP contribution in [-0.4, -0.2) is 101 Å². The molecule has 0 aromatic carbocycles. The van der Waals surface area contributed by atoms with E-state index in [9.17, 15) is 9.59 Å². The molecule has 0 saturated carbocycles. The van der Waals surface area contributed by atoms with Gasteiger partial charge in [0.05, 0.1) is 42.3 Å². The molecule has 0 aliphatic carbocycles. The van der Waals surface area contributed by atoms with Crippen molar-refractivity contribution in [3.63, 3.8) is 0 Å². The fourth-order valence-electron chi connectivity index (χ4n) is 1.98. The van der Waals surface area contributed by atoms with E-state index in [1.165, 1.54) is 0 Å². The van der Waals surface area contributed by atoms with Gasteiger partial charge < -0.3 is 8.97 Å². The molecule has 0 aliphatic heterocycles. The third kappa shape index (κ3) is 8.79. The molecule has 0 rings (SSSR count). The van der Waals surface area contributed by atoms with Crippen LogP contribution in [0.25, 0.3) is 0 Å². The van der Waals surface area contributed by atoms with Crippen LogP contribution in [0.1, 0.15) is 12.8 Å². The van der Waals surface area contributed by atoms with E-state index in [0.717, 1.165) is 0 Å². The zero-order valence-corrected chi connectivity index (χ0v) is 15.4. The fraction of sp³-hybridized carbons (Fsp3) is 0.750. The molecule has 0 bridgehead atoms. The van der Waals surface area contributed by atoms with Gasteiger partial charge in [-0.25, -0.2) is 0 Å². The molecule has 0 radical (unpaired) electrons. The van der Waals surface area contributed by atoms with Gasteiger partial charge in [-0.15, -0.1) is 0 Å². The minimum absolute atomic E-state index is 0.0513. The number of ketones is 2. The molecule has 0 unspecified atom stereocenters. The largest absolute Gasteiger partial charge is 0.326 e. The van der Waals surface area contributed by atoms with Crippen LogP contribution in [0.15, 0.2) is 9.98 Å². The predicted molar refractivity (Wildman–Crippen MR) is 91.8 cm³/mol. The quantitative estimate of drug-likeness (QED) is 0.459. The summed E-state index contributed by atoms with van der Waals surface area (Å²) < 4.78 is 1.27. The van der Waals surface area contributed by atoms with E-state index in [-0.39, 0.29) is 24.4 Å². The molecule has 6 heteroatoms. The summed E-state index contributed by atoms with van der Waals surface area (Å²) in [6, 6.07) is 0. The van der Waals surface area contributed by atoms with Gasteiger partial charge in [-0.05, 0) is 0 Å². The van der Waals surface area contributed by atoms with Crippen molar-refractivity contribution < 1.29 is 18.6 Å². The molecule has 0 amide bonds. The summed E-state index contributed by atoms with van der Waals surface area (Å²) in [5.74, 6) is -0.103. The topological polar surface area (TPSA) is 58.9 Å². The van der Waals surface area contributed by atoms with Crippen molar-refractivity contribution in [3.05, 3.63) is 0 Å². The Hall–Kier alpha value is -1.40. The number of hydrogen-bond acceptors (Lipinski definition) is 4. The molecule has 126 valence electrons. The molecular weight excluding hydrogens is 280 g/mol. The minimum atomic E-state index is -0.0513. The summed E-state index contributed by atoms with van der Waals surface area (Å²) in [5, 5.41) is 0. The Labute approximate surface area is 134 Å².